The number of amides is 1. The van der Waals surface area contributed by atoms with Crippen molar-refractivity contribution in [2.24, 2.45) is 23.5 Å². The van der Waals surface area contributed by atoms with Crippen molar-refractivity contribution in [1.82, 2.24) is 10.2 Å². The number of carbonyl (C=O) groups is 1. The van der Waals surface area contributed by atoms with Crippen molar-refractivity contribution in [2.45, 2.75) is 26.3 Å². The van der Waals surface area contributed by atoms with Crippen LogP contribution < -0.4 is 11.1 Å². The molecule has 0 aliphatic carbocycles. The normalized spacial score (nSPS) is 36.2. The number of rotatable bonds is 4. The number of fused-ring (bicyclic) bond motifs is 1. The summed E-state index contributed by atoms with van der Waals surface area (Å²) in [6.07, 6.45) is 1.17. The standard InChI is InChI=1S/C12H23N3O/c1-3-11-10-5-14-4-9(10)7-15(11)6-8(2)12(13)16/h8-11,14H,3-7H2,1-2H3,(H2,13,16). The van der Waals surface area contributed by atoms with Gasteiger partial charge in [-0.25, -0.2) is 0 Å². The van der Waals surface area contributed by atoms with Crippen LogP contribution in [0.5, 0.6) is 0 Å². The third kappa shape index (κ3) is 2.09. The second-order valence-corrected chi connectivity index (χ2v) is 5.32. The van der Waals surface area contributed by atoms with Crippen LogP contribution >= 0.6 is 0 Å². The van der Waals surface area contributed by atoms with Crippen molar-refractivity contribution < 1.29 is 4.79 Å². The highest BCUT2D eigenvalue weighted by molar-refractivity contribution is 5.76. The second kappa shape index (κ2) is 4.72. The van der Waals surface area contributed by atoms with Crippen LogP contribution in [-0.4, -0.2) is 43.0 Å². The fourth-order valence-corrected chi connectivity index (χ4v) is 3.32. The number of likely N-dealkylation sites (tertiary alicyclic amines) is 1. The largest absolute Gasteiger partial charge is 0.369 e. The molecule has 2 heterocycles. The van der Waals surface area contributed by atoms with E-state index in [0.717, 1.165) is 38.0 Å². The van der Waals surface area contributed by atoms with Gasteiger partial charge in [0.25, 0.3) is 0 Å². The van der Waals surface area contributed by atoms with Gasteiger partial charge in [-0.3, -0.25) is 9.69 Å². The molecule has 2 aliphatic rings. The summed E-state index contributed by atoms with van der Waals surface area (Å²) >= 11 is 0. The van der Waals surface area contributed by atoms with Crippen molar-refractivity contribution in [3.63, 3.8) is 0 Å². The number of carbonyl (C=O) groups excluding carboxylic acids is 1. The summed E-state index contributed by atoms with van der Waals surface area (Å²) in [4.78, 5) is 13.6. The lowest BCUT2D eigenvalue weighted by Gasteiger charge is -2.28. The molecule has 2 saturated heterocycles. The summed E-state index contributed by atoms with van der Waals surface area (Å²) in [5.41, 5.74) is 5.34. The van der Waals surface area contributed by atoms with E-state index in [2.05, 4.69) is 17.1 Å². The predicted molar refractivity (Wildman–Crippen MR) is 63.9 cm³/mol. The molecule has 2 rings (SSSR count). The Balaban J connectivity index is 1.97. The molecule has 1 amide bonds. The van der Waals surface area contributed by atoms with E-state index < -0.39 is 0 Å². The fraction of sp³-hybridized carbons (Fsp3) is 0.917. The summed E-state index contributed by atoms with van der Waals surface area (Å²) in [5.74, 6) is 1.36. The summed E-state index contributed by atoms with van der Waals surface area (Å²) < 4.78 is 0. The van der Waals surface area contributed by atoms with Crippen LogP contribution in [0, 0.1) is 17.8 Å². The maximum atomic E-state index is 11.1. The number of hydrogen-bond donors (Lipinski definition) is 2. The quantitative estimate of drug-likeness (QED) is 0.710. The van der Waals surface area contributed by atoms with Crippen LogP contribution in [-0.2, 0) is 4.79 Å². The molecule has 4 nitrogen and oxygen atoms in total. The van der Waals surface area contributed by atoms with E-state index in [0.29, 0.717) is 6.04 Å². The van der Waals surface area contributed by atoms with Crippen molar-refractivity contribution >= 4 is 5.91 Å². The van der Waals surface area contributed by atoms with Crippen molar-refractivity contribution in [1.29, 1.82) is 0 Å². The first kappa shape index (κ1) is 11.9. The van der Waals surface area contributed by atoms with E-state index in [4.69, 9.17) is 5.73 Å². The van der Waals surface area contributed by atoms with Gasteiger partial charge in [0.1, 0.15) is 0 Å². The monoisotopic (exact) mass is 225 g/mol. The molecule has 0 bridgehead atoms. The Morgan fingerprint density at radius 3 is 2.94 bits per heavy atom. The van der Waals surface area contributed by atoms with Crippen LogP contribution in [0.3, 0.4) is 0 Å². The second-order valence-electron chi connectivity index (χ2n) is 5.32. The lowest BCUT2D eigenvalue weighted by molar-refractivity contribution is -0.121. The van der Waals surface area contributed by atoms with E-state index >= 15 is 0 Å². The van der Waals surface area contributed by atoms with Gasteiger partial charge >= 0.3 is 0 Å². The average molecular weight is 225 g/mol. The topological polar surface area (TPSA) is 58.4 Å². The molecule has 92 valence electrons. The molecule has 0 aromatic carbocycles. The van der Waals surface area contributed by atoms with Crippen molar-refractivity contribution in [3.05, 3.63) is 0 Å². The Bertz CT molecular complexity index is 269. The Labute approximate surface area is 97.6 Å². The summed E-state index contributed by atoms with van der Waals surface area (Å²) in [6, 6.07) is 0.641. The first-order valence-electron chi connectivity index (χ1n) is 6.37. The van der Waals surface area contributed by atoms with E-state index in [1.165, 1.54) is 6.42 Å². The van der Waals surface area contributed by atoms with Crippen LogP contribution in [0.1, 0.15) is 20.3 Å². The van der Waals surface area contributed by atoms with Gasteiger partial charge in [-0.2, -0.15) is 0 Å². The first-order valence-corrected chi connectivity index (χ1v) is 6.37. The molecule has 2 aliphatic heterocycles. The summed E-state index contributed by atoms with van der Waals surface area (Å²) in [6.45, 7) is 8.43. The van der Waals surface area contributed by atoms with E-state index in [-0.39, 0.29) is 11.8 Å². The molecule has 4 heteroatoms. The van der Waals surface area contributed by atoms with Crippen LogP contribution in [0.25, 0.3) is 0 Å². The van der Waals surface area contributed by atoms with Gasteiger partial charge in [-0.15, -0.1) is 0 Å². The van der Waals surface area contributed by atoms with E-state index in [9.17, 15) is 4.79 Å². The molecule has 0 aromatic rings. The smallest absolute Gasteiger partial charge is 0.221 e. The van der Waals surface area contributed by atoms with Crippen molar-refractivity contribution in [2.75, 3.05) is 26.2 Å². The first-order chi connectivity index (χ1) is 7.63. The summed E-state index contributed by atoms with van der Waals surface area (Å²) in [5, 5.41) is 3.47. The number of hydrogen-bond acceptors (Lipinski definition) is 3. The highest BCUT2D eigenvalue weighted by atomic mass is 16.1. The molecule has 0 spiro atoms. The third-order valence-electron chi connectivity index (χ3n) is 4.24. The molecule has 0 aromatic heterocycles. The van der Waals surface area contributed by atoms with Crippen molar-refractivity contribution in [3.8, 4) is 0 Å². The molecule has 2 fully saturated rings. The zero-order valence-electron chi connectivity index (χ0n) is 10.3. The highest BCUT2D eigenvalue weighted by Crippen LogP contribution is 2.34. The van der Waals surface area contributed by atoms with Gasteiger partial charge in [-0.05, 0) is 31.3 Å². The Kier molecular flexibility index (Phi) is 3.50. The minimum atomic E-state index is -0.176. The molecule has 16 heavy (non-hydrogen) atoms. The zero-order valence-corrected chi connectivity index (χ0v) is 10.3. The minimum absolute atomic E-state index is 0.0270. The maximum Gasteiger partial charge on any atom is 0.221 e. The predicted octanol–water partition coefficient (Wildman–Crippen LogP) is 0.0376. The van der Waals surface area contributed by atoms with Crippen LogP contribution in [0.15, 0.2) is 0 Å². The lowest BCUT2D eigenvalue weighted by Crippen LogP contribution is -2.40. The number of nitrogens with zero attached hydrogens (tertiary/aromatic N) is 1. The third-order valence-corrected chi connectivity index (χ3v) is 4.24. The zero-order chi connectivity index (χ0) is 11.7. The Morgan fingerprint density at radius 2 is 2.31 bits per heavy atom. The molecule has 3 N–H and O–H groups in total. The van der Waals surface area contributed by atoms with Gasteiger partial charge in [0.05, 0.1) is 0 Å². The van der Waals surface area contributed by atoms with E-state index in [1.54, 1.807) is 0 Å². The Hall–Kier alpha value is -0.610. The fourth-order valence-electron chi connectivity index (χ4n) is 3.32. The maximum absolute atomic E-state index is 11.1. The molecular formula is C12H23N3O. The summed E-state index contributed by atoms with van der Waals surface area (Å²) in [7, 11) is 0. The van der Waals surface area contributed by atoms with E-state index in [1.807, 2.05) is 6.92 Å². The molecule has 4 atom stereocenters. The Morgan fingerprint density at radius 1 is 1.56 bits per heavy atom. The molecule has 0 saturated carbocycles. The van der Waals surface area contributed by atoms with Gasteiger partial charge in [0, 0.05) is 25.0 Å². The SMILES string of the molecule is CCC1C2CNCC2CN1CC(C)C(N)=O. The van der Waals surface area contributed by atoms with Gasteiger partial charge in [0.15, 0.2) is 0 Å². The molecule has 4 unspecified atom stereocenters. The molecular weight excluding hydrogens is 202 g/mol. The number of nitrogens with one attached hydrogen (secondary N) is 1. The number of primary amides is 1. The molecule has 0 radical (unpaired) electrons. The van der Waals surface area contributed by atoms with Gasteiger partial charge in [-0.1, -0.05) is 13.8 Å². The van der Waals surface area contributed by atoms with Crippen LogP contribution in [0.2, 0.25) is 0 Å². The lowest BCUT2D eigenvalue weighted by atomic mass is 9.93. The highest BCUT2D eigenvalue weighted by Gasteiger charge is 2.43. The van der Waals surface area contributed by atoms with Crippen LogP contribution in [0.4, 0.5) is 0 Å². The minimum Gasteiger partial charge on any atom is -0.369 e. The average Bonchev–Trinajstić information content (AvgIpc) is 2.77. The number of nitrogens with two attached hydrogens (primary N) is 1. The van der Waals surface area contributed by atoms with Gasteiger partial charge in [0.2, 0.25) is 5.91 Å². The van der Waals surface area contributed by atoms with Gasteiger partial charge < -0.3 is 11.1 Å².